The second-order valence-electron chi connectivity index (χ2n) is 3.26. The molecule has 70 valence electrons. The number of hydrogen-bond acceptors (Lipinski definition) is 1. The molecule has 0 heterocycles. The van der Waals surface area contributed by atoms with Gasteiger partial charge in [0.05, 0.1) is 7.11 Å². The van der Waals surface area contributed by atoms with Crippen LogP contribution < -0.4 is 0 Å². The van der Waals surface area contributed by atoms with Crippen molar-refractivity contribution in [1.29, 1.82) is 0 Å². The smallest absolute Gasteiger partial charge is 0.114 e. The number of rotatable bonds is 4. The van der Waals surface area contributed by atoms with Crippen molar-refractivity contribution in [3.05, 3.63) is 23.5 Å². The summed E-state index contributed by atoms with van der Waals surface area (Å²) in [5.41, 5.74) is 1.36. The largest absolute Gasteiger partial charge is 0.497 e. The quantitative estimate of drug-likeness (QED) is 0.461. The lowest BCUT2D eigenvalue weighted by Gasteiger charge is -2.06. The van der Waals surface area contributed by atoms with Crippen LogP contribution in [-0.2, 0) is 4.74 Å². The summed E-state index contributed by atoms with van der Waals surface area (Å²) in [7, 11) is 1.71. The molecule has 0 aliphatic carbocycles. The number of allylic oxidation sites excluding steroid dienone is 3. The molecule has 0 unspecified atom stereocenters. The molecule has 0 fully saturated rings. The Morgan fingerprint density at radius 1 is 1.42 bits per heavy atom. The van der Waals surface area contributed by atoms with Gasteiger partial charge in [0.1, 0.15) is 5.76 Å². The predicted molar refractivity (Wildman–Crippen MR) is 54.0 cm³/mol. The minimum atomic E-state index is 0.598. The summed E-state index contributed by atoms with van der Waals surface area (Å²) in [6, 6.07) is 0. The van der Waals surface area contributed by atoms with Crippen molar-refractivity contribution in [3.63, 3.8) is 0 Å². The normalized spacial score (nSPS) is 13.8. The maximum atomic E-state index is 5.20. The van der Waals surface area contributed by atoms with Crippen LogP contribution in [0.5, 0.6) is 0 Å². The van der Waals surface area contributed by atoms with Crippen LogP contribution in [0, 0.1) is 5.92 Å². The van der Waals surface area contributed by atoms with Crippen LogP contribution in [0.3, 0.4) is 0 Å². The molecule has 0 aromatic rings. The lowest BCUT2D eigenvalue weighted by molar-refractivity contribution is 0.304. The molecule has 12 heavy (non-hydrogen) atoms. The Labute approximate surface area is 76.1 Å². The highest BCUT2D eigenvalue weighted by Gasteiger charge is 1.97. The molecule has 0 aromatic heterocycles. The molecule has 0 radical (unpaired) electrons. The zero-order valence-corrected chi connectivity index (χ0v) is 8.85. The zero-order chi connectivity index (χ0) is 9.56. The third-order valence-corrected chi connectivity index (χ3v) is 1.92. The Hall–Kier alpha value is -0.720. The van der Waals surface area contributed by atoms with Crippen LogP contribution in [0.15, 0.2) is 23.5 Å². The van der Waals surface area contributed by atoms with Crippen molar-refractivity contribution in [1.82, 2.24) is 0 Å². The van der Waals surface area contributed by atoms with Crippen LogP contribution in [-0.4, -0.2) is 7.11 Å². The highest BCUT2D eigenvalue weighted by Crippen LogP contribution is 2.12. The van der Waals surface area contributed by atoms with Gasteiger partial charge in [-0.1, -0.05) is 26.3 Å². The van der Waals surface area contributed by atoms with Crippen molar-refractivity contribution < 1.29 is 4.74 Å². The minimum Gasteiger partial charge on any atom is -0.497 e. The second-order valence-corrected chi connectivity index (χ2v) is 3.26. The summed E-state index contributed by atoms with van der Waals surface area (Å²) in [6.07, 6.45) is 5.21. The van der Waals surface area contributed by atoms with E-state index in [1.165, 1.54) is 5.57 Å². The average molecular weight is 168 g/mol. The van der Waals surface area contributed by atoms with Gasteiger partial charge in [-0.05, 0) is 31.4 Å². The van der Waals surface area contributed by atoms with E-state index < -0.39 is 0 Å². The molecule has 0 aromatic carbocycles. The standard InChI is InChI=1S/C11H20O/c1-6-7-11(12-5)8-10(4)9(2)3/h7-9H,6H2,1-5H3/b10-8+,11-7+. The van der Waals surface area contributed by atoms with E-state index >= 15 is 0 Å². The van der Waals surface area contributed by atoms with Gasteiger partial charge in [-0.2, -0.15) is 0 Å². The first-order valence-corrected chi connectivity index (χ1v) is 4.54. The molecule has 0 saturated heterocycles. The van der Waals surface area contributed by atoms with Gasteiger partial charge in [-0.15, -0.1) is 0 Å². The number of ether oxygens (including phenoxy) is 1. The van der Waals surface area contributed by atoms with Gasteiger partial charge in [0.15, 0.2) is 0 Å². The van der Waals surface area contributed by atoms with Crippen LogP contribution in [0.25, 0.3) is 0 Å². The van der Waals surface area contributed by atoms with Gasteiger partial charge in [-0.25, -0.2) is 0 Å². The third-order valence-electron chi connectivity index (χ3n) is 1.92. The van der Waals surface area contributed by atoms with E-state index in [0.29, 0.717) is 5.92 Å². The Bertz CT molecular complexity index is 175. The van der Waals surface area contributed by atoms with E-state index in [1.807, 2.05) is 0 Å². The summed E-state index contributed by atoms with van der Waals surface area (Å²) < 4.78 is 5.20. The van der Waals surface area contributed by atoms with E-state index in [2.05, 4.69) is 39.8 Å². The van der Waals surface area contributed by atoms with E-state index in [4.69, 9.17) is 4.74 Å². The van der Waals surface area contributed by atoms with Crippen molar-refractivity contribution in [3.8, 4) is 0 Å². The first-order chi connectivity index (χ1) is 5.61. The van der Waals surface area contributed by atoms with Gasteiger partial charge in [-0.3, -0.25) is 0 Å². The number of hydrogen-bond donors (Lipinski definition) is 0. The van der Waals surface area contributed by atoms with Gasteiger partial charge in [0, 0.05) is 0 Å². The van der Waals surface area contributed by atoms with Crippen molar-refractivity contribution >= 4 is 0 Å². The molecule has 1 heteroatoms. The van der Waals surface area contributed by atoms with Gasteiger partial charge < -0.3 is 4.74 Å². The summed E-state index contributed by atoms with van der Waals surface area (Å²) in [4.78, 5) is 0. The maximum Gasteiger partial charge on any atom is 0.114 e. The number of methoxy groups -OCH3 is 1. The molecule has 0 aliphatic rings. The Morgan fingerprint density at radius 2 is 2.00 bits per heavy atom. The first kappa shape index (κ1) is 11.3. The molecule has 0 amide bonds. The highest BCUT2D eigenvalue weighted by molar-refractivity contribution is 5.18. The lowest BCUT2D eigenvalue weighted by atomic mass is 10.0. The highest BCUT2D eigenvalue weighted by atomic mass is 16.5. The van der Waals surface area contributed by atoms with Gasteiger partial charge in [0.25, 0.3) is 0 Å². The van der Waals surface area contributed by atoms with Crippen LogP contribution >= 0.6 is 0 Å². The second kappa shape index (κ2) is 5.87. The molecular weight excluding hydrogens is 148 g/mol. The van der Waals surface area contributed by atoms with E-state index in [9.17, 15) is 0 Å². The first-order valence-electron chi connectivity index (χ1n) is 4.54. The molecule has 0 bridgehead atoms. The predicted octanol–water partition coefficient (Wildman–Crippen LogP) is 3.53. The van der Waals surface area contributed by atoms with Crippen LogP contribution in [0.1, 0.15) is 34.1 Å². The van der Waals surface area contributed by atoms with E-state index in [1.54, 1.807) is 7.11 Å². The molecule has 0 atom stereocenters. The lowest BCUT2D eigenvalue weighted by Crippen LogP contribution is -1.91. The Kier molecular flexibility index (Phi) is 5.52. The van der Waals surface area contributed by atoms with Crippen molar-refractivity contribution in [2.75, 3.05) is 7.11 Å². The summed E-state index contributed by atoms with van der Waals surface area (Å²) in [6.45, 7) is 8.61. The topological polar surface area (TPSA) is 9.23 Å². The Balaban J connectivity index is 4.36. The van der Waals surface area contributed by atoms with Crippen molar-refractivity contribution in [2.24, 2.45) is 5.92 Å². The molecule has 1 nitrogen and oxygen atoms in total. The zero-order valence-electron chi connectivity index (χ0n) is 8.85. The fourth-order valence-electron chi connectivity index (χ4n) is 0.793. The van der Waals surface area contributed by atoms with Crippen LogP contribution in [0.2, 0.25) is 0 Å². The third kappa shape index (κ3) is 4.22. The van der Waals surface area contributed by atoms with Crippen molar-refractivity contribution in [2.45, 2.75) is 34.1 Å². The average Bonchev–Trinajstić information content (AvgIpc) is 2.03. The molecule has 0 rings (SSSR count). The monoisotopic (exact) mass is 168 g/mol. The molecular formula is C11H20O. The summed E-state index contributed by atoms with van der Waals surface area (Å²) >= 11 is 0. The SMILES string of the molecule is CC/C=C(\C=C(/C)C(C)C)OC. The minimum absolute atomic E-state index is 0.598. The van der Waals surface area contributed by atoms with E-state index in [0.717, 1.165) is 12.2 Å². The fraction of sp³-hybridized carbons (Fsp3) is 0.636. The van der Waals surface area contributed by atoms with Crippen LogP contribution in [0.4, 0.5) is 0 Å². The van der Waals surface area contributed by atoms with Gasteiger partial charge in [0.2, 0.25) is 0 Å². The van der Waals surface area contributed by atoms with Gasteiger partial charge >= 0.3 is 0 Å². The summed E-state index contributed by atoms with van der Waals surface area (Å²) in [5.74, 6) is 1.57. The Morgan fingerprint density at radius 3 is 2.33 bits per heavy atom. The molecule has 0 spiro atoms. The summed E-state index contributed by atoms with van der Waals surface area (Å²) in [5, 5.41) is 0. The molecule has 0 aliphatic heterocycles. The maximum absolute atomic E-state index is 5.20. The molecule has 0 saturated carbocycles. The fourth-order valence-corrected chi connectivity index (χ4v) is 0.793. The van der Waals surface area contributed by atoms with E-state index in [-0.39, 0.29) is 0 Å². The molecule has 0 N–H and O–H groups in total.